The molecule has 0 unspecified atom stereocenters. The second kappa shape index (κ2) is 10.1. The molecule has 1 heterocycles. The number of carbonyl (C=O) groups is 2. The number of hydrogen-bond acceptors (Lipinski definition) is 5. The van der Waals surface area contributed by atoms with Gasteiger partial charge in [-0.2, -0.15) is 0 Å². The number of halogens is 1. The van der Waals surface area contributed by atoms with Crippen molar-refractivity contribution in [2.24, 2.45) is 0 Å². The van der Waals surface area contributed by atoms with Crippen LogP contribution in [0.1, 0.15) is 61.1 Å². The van der Waals surface area contributed by atoms with E-state index >= 15 is 0 Å². The molecule has 1 aromatic carbocycles. The molecule has 0 radical (unpaired) electrons. The summed E-state index contributed by atoms with van der Waals surface area (Å²) in [6, 6.07) is 6.90. The van der Waals surface area contributed by atoms with Crippen molar-refractivity contribution in [3.05, 3.63) is 40.1 Å². The van der Waals surface area contributed by atoms with E-state index in [1.165, 1.54) is 31.0 Å². The molecule has 2 N–H and O–H groups in total. The third-order valence-electron chi connectivity index (χ3n) is 4.79. The summed E-state index contributed by atoms with van der Waals surface area (Å²) in [6.07, 6.45) is 6.09. The van der Waals surface area contributed by atoms with E-state index in [1.807, 2.05) is 0 Å². The molecule has 1 saturated carbocycles. The molecule has 1 fully saturated rings. The molecule has 9 heteroatoms. The Kier molecular flexibility index (Phi) is 7.50. The summed E-state index contributed by atoms with van der Waals surface area (Å²) in [5.41, 5.74) is 5.35. The van der Waals surface area contributed by atoms with Crippen molar-refractivity contribution in [1.82, 2.24) is 25.6 Å². The second-order valence-electron chi connectivity index (χ2n) is 6.72. The maximum absolute atomic E-state index is 12.1. The smallest absolute Gasteiger partial charge is 0.269 e. The number of carbonyl (C=O) groups excluding carboxylic acids is 2. The molecule has 0 saturated heterocycles. The van der Waals surface area contributed by atoms with Gasteiger partial charge in [0.15, 0.2) is 5.16 Å². The largest absolute Gasteiger partial charge is 0.306 e. The van der Waals surface area contributed by atoms with Crippen molar-refractivity contribution in [3.8, 4) is 0 Å². The Morgan fingerprint density at radius 2 is 1.86 bits per heavy atom. The average molecular weight is 466 g/mol. The summed E-state index contributed by atoms with van der Waals surface area (Å²) in [5, 5.41) is 9.43. The Bertz CT molecular complexity index is 818. The van der Waals surface area contributed by atoms with Crippen LogP contribution in [0.5, 0.6) is 0 Å². The second-order valence-corrected chi connectivity index (χ2v) is 8.58. The zero-order valence-corrected chi connectivity index (χ0v) is 18.2. The molecule has 2 aromatic rings. The van der Waals surface area contributed by atoms with Crippen LogP contribution in [0.2, 0.25) is 0 Å². The number of amides is 2. The van der Waals surface area contributed by atoms with Gasteiger partial charge in [-0.1, -0.05) is 47.0 Å². The molecule has 0 aliphatic heterocycles. The van der Waals surface area contributed by atoms with Gasteiger partial charge in [0.2, 0.25) is 5.91 Å². The van der Waals surface area contributed by atoms with Crippen LogP contribution in [0.15, 0.2) is 33.9 Å². The summed E-state index contributed by atoms with van der Waals surface area (Å²) in [7, 11) is 0. The van der Waals surface area contributed by atoms with Crippen LogP contribution in [0.4, 0.5) is 0 Å². The van der Waals surface area contributed by atoms with Crippen LogP contribution >= 0.6 is 27.7 Å². The Labute approximate surface area is 177 Å². The third-order valence-corrected chi connectivity index (χ3v) is 6.28. The molecule has 150 valence electrons. The molecule has 28 heavy (non-hydrogen) atoms. The highest BCUT2D eigenvalue weighted by atomic mass is 79.9. The van der Waals surface area contributed by atoms with Gasteiger partial charge in [0.25, 0.3) is 5.91 Å². The van der Waals surface area contributed by atoms with E-state index in [0.29, 0.717) is 11.5 Å². The SMILES string of the molecule is CCn1c(SCC(=O)NNC(=O)c2ccc(Br)cc2)nnc1C1CCCCC1. The van der Waals surface area contributed by atoms with Crippen LogP contribution in [0, 0.1) is 0 Å². The van der Waals surface area contributed by atoms with Crippen LogP contribution < -0.4 is 10.9 Å². The Morgan fingerprint density at radius 3 is 2.54 bits per heavy atom. The van der Waals surface area contributed by atoms with Gasteiger partial charge in [0.1, 0.15) is 5.82 Å². The predicted molar refractivity (Wildman–Crippen MR) is 112 cm³/mol. The monoisotopic (exact) mass is 465 g/mol. The lowest BCUT2D eigenvalue weighted by Gasteiger charge is -2.21. The summed E-state index contributed by atoms with van der Waals surface area (Å²) in [4.78, 5) is 24.1. The van der Waals surface area contributed by atoms with Gasteiger partial charge >= 0.3 is 0 Å². The fourth-order valence-electron chi connectivity index (χ4n) is 3.33. The number of hydrazine groups is 1. The molecule has 0 atom stereocenters. The summed E-state index contributed by atoms with van der Waals surface area (Å²) in [5.74, 6) is 1.01. The maximum atomic E-state index is 12.1. The van der Waals surface area contributed by atoms with Crippen molar-refractivity contribution in [3.63, 3.8) is 0 Å². The molecule has 2 amide bonds. The maximum Gasteiger partial charge on any atom is 0.269 e. The summed E-state index contributed by atoms with van der Waals surface area (Å²) < 4.78 is 2.99. The number of nitrogens with one attached hydrogen (secondary N) is 2. The highest BCUT2D eigenvalue weighted by Gasteiger charge is 2.23. The quantitative estimate of drug-likeness (QED) is 0.501. The minimum Gasteiger partial charge on any atom is -0.306 e. The fourth-order valence-corrected chi connectivity index (χ4v) is 4.41. The standard InChI is InChI=1S/C19H24BrN5O2S/c1-2-25-17(13-6-4-3-5-7-13)22-24-19(25)28-12-16(26)21-23-18(27)14-8-10-15(20)11-9-14/h8-11,13H,2-7,12H2,1H3,(H,21,26)(H,23,27). The van der Waals surface area contributed by atoms with E-state index in [-0.39, 0.29) is 17.6 Å². The Morgan fingerprint density at radius 1 is 1.14 bits per heavy atom. The van der Waals surface area contributed by atoms with E-state index in [2.05, 4.69) is 48.5 Å². The fraction of sp³-hybridized carbons (Fsp3) is 0.474. The van der Waals surface area contributed by atoms with Gasteiger partial charge in [-0.15, -0.1) is 10.2 Å². The lowest BCUT2D eigenvalue weighted by Crippen LogP contribution is -2.42. The normalized spacial score (nSPS) is 14.6. The minimum absolute atomic E-state index is 0.156. The van der Waals surface area contributed by atoms with E-state index in [0.717, 1.165) is 34.8 Å². The molecule has 0 spiro atoms. The highest BCUT2D eigenvalue weighted by molar-refractivity contribution is 9.10. The molecular formula is C19H24BrN5O2S. The van der Waals surface area contributed by atoms with Gasteiger partial charge in [-0.25, -0.2) is 0 Å². The number of nitrogens with zero attached hydrogens (tertiary/aromatic N) is 3. The number of benzene rings is 1. The summed E-state index contributed by atoms with van der Waals surface area (Å²) in [6.45, 7) is 2.85. The molecule has 1 aliphatic rings. The predicted octanol–water partition coefficient (Wildman–Crippen LogP) is 3.66. The van der Waals surface area contributed by atoms with Gasteiger partial charge in [0.05, 0.1) is 5.75 Å². The van der Waals surface area contributed by atoms with Gasteiger partial charge in [-0.05, 0) is 44.0 Å². The lowest BCUT2D eigenvalue weighted by molar-refractivity contribution is -0.119. The topological polar surface area (TPSA) is 88.9 Å². The highest BCUT2D eigenvalue weighted by Crippen LogP contribution is 2.33. The third kappa shape index (κ3) is 5.35. The zero-order valence-electron chi connectivity index (χ0n) is 15.8. The van der Waals surface area contributed by atoms with Crippen molar-refractivity contribution < 1.29 is 9.59 Å². The molecule has 1 aliphatic carbocycles. The van der Waals surface area contributed by atoms with Crippen molar-refractivity contribution in [1.29, 1.82) is 0 Å². The first-order chi connectivity index (χ1) is 13.6. The Hall–Kier alpha value is -1.87. The van der Waals surface area contributed by atoms with Crippen molar-refractivity contribution >= 4 is 39.5 Å². The molecule has 3 rings (SSSR count). The average Bonchev–Trinajstić information content (AvgIpc) is 3.14. The molecule has 7 nitrogen and oxygen atoms in total. The van der Waals surface area contributed by atoms with Crippen molar-refractivity contribution in [2.75, 3.05) is 5.75 Å². The van der Waals surface area contributed by atoms with Crippen molar-refractivity contribution in [2.45, 2.75) is 56.6 Å². The lowest BCUT2D eigenvalue weighted by atomic mass is 9.89. The van der Waals surface area contributed by atoms with Crippen LogP contribution in [-0.2, 0) is 11.3 Å². The first-order valence-electron chi connectivity index (χ1n) is 9.49. The molecular weight excluding hydrogens is 442 g/mol. The van der Waals surface area contributed by atoms with Gasteiger partial charge in [-0.3, -0.25) is 20.4 Å². The first kappa shape index (κ1) is 20.9. The molecule has 1 aromatic heterocycles. The van der Waals surface area contributed by atoms with E-state index < -0.39 is 0 Å². The van der Waals surface area contributed by atoms with E-state index in [1.54, 1.807) is 24.3 Å². The molecule has 0 bridgehead atoms. The van der Waals surface area contributed by atoms with Gasteiger partial charge < -0.3 is 4.57 Å². The minimum atomic E-state index is -0.359. The Balaban J connectivity index is 1.51. The van der Waals surface area contributed by atoms with Gasteiger partial charge in [0, 0.05) is 22.5 Å². The number of thioether (sulfide) groups is 1. The zero-order chi connectivity index (χ0) is 19.9. The van der Waals surface area contributed by atoms with Crippen LogP contribution in [0.25, 0.3) is 0 Å². The van der Waals surface area contributed by atoms with E-state index in [9.17, 15) is 9.59 Å². The number of rotatable bonds is 6. The number of hydrogen-bond donors (Lipinski definition) is 2. The van der Waals surface area contributed by atoms with E-state index in [4.69, 9.17) is 0 Å². The van der Waals surface area contributed by atoms with Crippen LogP contribution in [-0.4, -0.2) is 32.3 Å². The first-order valence-corrected chi connectivity index (χ1v) is 11.3. The summed E-state index contributed by atoms with van der Waals surface area (Å²) >= 11 is 4.65. The van der Waals surface area contributed by atoms with Crippen LogP contribution in [0.3, 0.4) is 0 Å². The number of aromatic nitrogens is 3.